The van der Waals surface area contributed by atoms with Crippen LogP contribution in [0.4, 0.5) is 0 Å². The highest BCUT2D eigenvalue weighted by Crippen LogP contribution is 2.34. The van der Waals surface area contributed by atoms with Crippen LogP contribution in [0.25, 0.3) is 17.0 Å². The van der Waals surface area contributed by atoms with Crippen LogP contribution in [0.2, 0.25) is 0 Å². The van der Waals surface area contributed by atoms with Crippen LogP contribution in [-0.4, -0.2) is 55.4 Å². The standard InChI is InChI=1S/C18H14N2O6S2/c1-26-11-4-5-12-9(6-11)2-3-10(19-12)7-14-16(23)20(18(27)28-14)13(17(24)25)8-15(21)22/h2-7,13H,8H2,1H3,(H,21,22)(H,24,25). The number of methoxy groups -OCH3 is 1. The maximum Gasteiger partial charge on any atom is 0.327 e. The molecule has 1 atom stereocenters. The molecule has 0 spiro atoms. The summed E-state index contributed by atoms with van der Waals surface area (Å²) in [5.41, 5.74) is 1.18. The van der Waals surface area contributed by atoms with Crippen molar-refractivity contribution in [1.82, 2.24) is 9.88 Å². The first-order chi connectivity index (χ1) is 13.3. The number of benzene rings is 1. The first kappa shape index (κ1) is 19.8. The number of ether oxygens (including phenoxy) is 1. The third-order valence-corrected chi connectivity index (χ3v) is 5.32. The van der Waals surface area contributed by atoms with E-state index in [9.17, 15) is 19.5 Å². The van der Waals surface area contributed by atoms with Crippen LogP contribution in [0.1, 0.15) is 12.1 Å². The number of aliphatic carboxylic acids is 2. The first-order valence-electron chi connectivity index (χ1n) is 7.96. The maximum absolute atomic E-state index is 12.6. The number of amides is 1. The van der Waals surface area contributed by atoms with E-state index in [4.69, 9.17) is 22.1 Å². The molecular weight excluding hydrogens is 404 g/mol. The number of carboxylic acid groups (broad SMARTS) is 2. The number of thiocarbonyl (C=S) groups is 1. The van der Waals surface area contributed by atoms with Crippen molar-refractivity contribution in [3.8, 4) is 5.75 Å². The quantitative estimate of drug-likeness (QED) is 0.538. The topological polar surface area (TPSA) is 117 Å². The number of rotatable bonds is 6. The number of carbonyl (C=O) groups is 3. The number of carbonyl (C=O) groups excluding carboxylic acids is 1. The van der Waals surface area contributed by atoms with Crippen molar-refractivity contribution in [2.45, 2.75) is 12.5 Å². The van der Waals surface area contributed by atoms with Crippen molar-refractivity contribution < 1.29 is 29.3 Å². The average molecular weight is 418 g/mol. The summed E-state index contributed by atoms with van der Waals surface area (Å²) in [4.78, 5) is 40.5. The van der Waals surface area contributed by atoms with Crippen LogP contribution < -0.4 is 4.74 Å². The molecule has 1 fully saturated rings. The largest absolute Gasteiger partial charge is 0.497 e. The van der Waals surface area contributed by atoms with Gasteiger partial charge in [-0.3, -0.25) is 14.5 Å². The molecule has 8 nitrogen and oxygen atoms in total. The summed E-state index contributed by atoms with van der Waals surface area (Å²) in [6.45, 7) is 0. The van der Waals surface area contributed by atoms with Gasteiger partial charge in [-0.15, -0.1) is 0 Å². The van der Waals surface area contributed by atoms with Crippen LogP contribution in [0, 0.1) is 0 Å². The fraction of sp³-hybridized carbons (Fsp3) is 0.167. The van der Waals surface area contributed by atoms with Gasteiger partial charge in [0.1, 0.15) is 16.1 Å². The Balaban J connectivity index is 1.91. The molecule has 1 unspecified atom stereocenters. The predicted molar refractivity (Wildman–Crippen MR) is 107 cm³/mol. The SMILES string of the molecule is COc1ccc2nc(C=C3SC(=S)N(C(CC(=O)O)C(=O)O)C3=O)ccc2c1. The zero-order valence-electron chi connectivity index (χ0n) is 14.5. The molecule has 2 heterocycles. The second-order valence-electron chi connectivity index (χ2n) is 5.80. The van der Waals surface area contributed by atoms with Crippen molar-refractivity contribution >= 4 is 63.1 Å². The lowest BCUT2D eigenvalue weighted by Crippen LogP contribution is -2.45. The average Bonchev–Trinajstić information content (AvgIpc) is 2.92. The van der Waals surface area contributed by atoms with Gasteiger partial charge in [0.15, 0.2) is 0 Å². The molecule has 1 aromatic carbocycles. The van der Waals surface area contributed by atoms with Gasteiger partial charge in [0.05, 0.1) is 29.6 Å². The molecule has 0 aliphatic carbocycles. The second kappa shape index (κ2) is 7.95. The molecule has 1 saturated heterocycles. The summed E-state index contributed by atoms with van der Waals surface area (Å²) in [6.07, 6.45) is 0.758. The minimum Gasteiger partial charge on any atom is -0.497 e. The lowest BCUT2D eigenvalue weighted by Gasteiger charge is -2.21. The molecule has 3 rings (SSSR count). The van der Waals surface area contributed by atoms with Crippen molar-refractivity contribution in [2.75, 3.05) is 7.11 Å². The Hall–Kier alpha value is -2.98. The van der Waals surface area contributed by atoms with Gasteiger partial charge in [-0.1, -0.05) is 30.0 Å². The van der Waals surface area contributed by atoms with Gasteiger partial charge < -0.3 is 14.9 Å². The number of aromatic nitrogens is 1. The molecule has 28 heavy (non-hydrogen) atoms. The van der Waals surface area contributed by atoms with E-state index in [1.165, 1.54) is 6.08 Å². The van der Waals surface area contributed by atoms with E-state index in [1.54, 1.807) is 25.3 Å². The Labute approximate surface area is 168 Å². The van der Waals surface area contributed by atoms with Crippen LogP contribution in [0.15, 0.2) is 35.2 Å². The van der Waals surface area contributed by atoms with E-state index in [2.05, 4.69) is 4.98 Å². The smallest absolute Gasteiger partial charge is 0.327 e. The zero-order valence-corrected chi connectivity index (χ0v) is 16.1. The van der Waals surface area contributed by atoms with Crippen molar-refractivity contribution in [3.05, 3.63) is 40.9 Å². The van der Waals surface area contributed by atoms with Crippen molar-refractivity contribution in [1.29, 1.82) is 0 Å². The van der Waals surface area contributed by atoms with E-state index in [1.807, 2.05) is 12.1 Å². The molecular formula is C18H14N2O6S2. The number of pyridine rings is 1. The minimum atomic E-state index is -1.56. The minimum absolute atomic E-state index is 0.00424. The summed E-state index contributed by atoms with van der Waals surface area (Å²) in [5, 5.41) is 19.1. The Morgan fingerprint density at radius 3 is 2.71 bits per heavy atom. The highest BCUT2D eigenvalue weighted by Gasteiger charge is 2.41. The van der Waals surface area contributed by atoms with Gasteiger partial charge in [-0.25, -0.2) is 9.78 Å². The third kappa shape index (κ3) is 3.97. The van der Waals surface area contributed by atoms with Gasteiger partial charge in [0.2, 0.25) is 0 Å². The molecule has 0 saturated carbocycles. The molecule has 1 aliphatic rings. The number of nitrogens with zero attached hydrogens (tertiary/aromatic N) is 2. The Morgan fingerprint density at radius 1 is 1.32 bits per heavy atom. The van der Waals surface area contributed by atoms with Crippen LogP contribution >= 0.6 is 24.0 Å². The number of hydrogen-bond donors (Lipinski definition) is 2. The molecule has 10 heteroatoms. The van der Waals surface area contributed by atoms with Gasteiger partial charge in [-0.05, 0) is 30.3 Å². The van der Waals surface area contributed by atoms with Crippen LogP contribution in [-0.2, 0) is 14.4 Å². The molecule has 1 aliphatic heterocycles. The number of fused-ring (bicyclic) bond motifs is 1. The number of thioether (sulfide) groups is 1. The van der Waals surface area contributed by atoms with Gasteiger partial charge in [-0.2, -0.15) is 0 Å². The van der Waals surface area contributed by atoms with Crippen LogP contribution in [0.3, 0.4) is 0 Å². The van der Waals surface area contributed by atoms with E-state index < -0.39 is 30.3 Å². The Bertz CT molecular complexity index is 1040. The van der Waals surface area contributed by atoms with Gasteiger partial charge >= 0.3 is 11.9 Å². The van der Waals surface area contributed by atoms with Crippen molar-refractivity contribution in [2.24, 2.45) is 0 Å². The fourth-order valence-corrected chi connectivity index (χ4v) is 4.01. The highest BCUT2D eigenvalue weighted by molar-refractivity contribution is 8.26. The molecule has 0 bridgehead atoms. The van der Waals surface area contributed by atoms with E-state index in [0.29, 0.717) is 17.0 Å². The maximum atomic E-state index is 12.6. The van der Waals surface area contributed by atoms with Crippen LogP contribution in [0.5, 0.6) is 5.75 Å². The van der Waals surface area contributed by atoms with Gasteiger partial charge in [0.25, 0.3) is 5.91 Å². The normalized spacial score (nSPS) is 16.6. The summed E-state index contributed by atoms with van der Waals surface area (Å²) in [6, 6.07) is 7.34. The predicted octanol–water partition coefficient (Wildman–Crippen LogP) is 2.37. The summed E-state index contributed by atoms with van der Waals surface area (Å²) >= 11 is 6.01. The molecule has 144 valence electrons. The highest BCUT2D eigenvalue weighted by atomic mass is 32.2. The van der Waals surface area contributed by atoms with E-state index in [0.717, 1.165) is 22.0 Å². The van der Waals surface area contributed by atoms with E-state index in [-0.39, 0.29) is 9.23 Å². The summed E-state index contributed by atoms with van der Waals surface area (Å²) in [7, 11) is 1.57. The van der Waals surface area contributed by atoms with Gasteiger partial charge in [0, 0.05) is 5.39 Å². The molecule has 2 aromatic rings. The monoisotopic (exact) mass is 418 g/mol. The Kier molecular flexibility index (Phi) is 5.61. The number of carboxylic acids is 2. The van der Waals surface area contributed by atoms with Crippen molar-refractivity contribution in [3.63, 3.8) is 0 Å². The molecule has 1 aromatic heterocycles. The molecule has 2 N–H and O–H groups in total. The Morgan fingerprint density at radius 2 is 2.07 bits per heavy atom. The third-order valence-electron chi connectivity index (χ3n) is 3.99. The summed E-state index contributed by atoms with van der Waals surface area (Å²) < 4.78 is 5.17. The molecule has 1 amide bonds. The lowest BCUT2D eigenvalue weighted by molar-refractivity contribution is -0.150. The number of hydrogen-bond acceptors (Lipinski definition) is 7. The fourth-order valence-electron chi connectivity index (χ4n) is 2.66. The summed E-state index contributed by atoms with van der Waals surface area (Å²) in [5.74, 6) is -2.73. The second-order valence-corrected chi connectivity index (χ2v) is 7.47. The molecule has 0 radical (unpaired) electrons. The first-order valence-corrected chi connectivity index (χ1v) is 9.19. The lowest BCUT2D eigenvalue weighted by atomic mass is 10.1. The van der Waals surface area contributed by atoms with E-state index >= 15 is 0 Å². The zero-order chi connectivity index (χ0) is 20.4.